The van der Waals surface area contributed by atoms with Gasteiger partial charge in [0, 0.05) is 43.8 Å². The summed E-state index contributed by atoms with van der Waals surface area (Å²) in [7, 11) is 3.99. The van der Waals surface area contributed by atoms with Crippen molar-refractivity contribution in [2.24, 2.45) is 0 Å². The second-order valence-electron chi connectivity index (χ2n) is 6.50. The molecule has 0 unspecified atom stereocenters. The van der Waals surface area contributed by atoms with Gasteiger partial charge in [-0.05, 0) is 18.2 Å². The summed E-state index contributed by atoms with van der Waals surface area (Å²) in [5, 5.41) is 8.29. The van der Waals surface area contributed by atoms with Crippen LogP contribution in [0.1, 0.15) is 0 Å². The topological polar surface area (TPSA) is 99.3 Å². The molecule has 5 rings (SSSR count). The summed E-state index contributed by atoms with van der Waals surface area (Å²) < 4.78 is 0. The molecule has 5 aromatic rings. The van der Waals surface area contributed by atoms with Crippen LogP contribution in [-0.2, 0) is 0 Å². The van der Waals surface area contributed by atoms with Crippen LogP contribution >= 0.6 is 0 Å². The fourth-order valence-corrected chi connectivity index (χ4v) is 3.04. The first-order valence-electron chi connectivity index (χ1n) is 8.46. The first-order valence-corrected chi connectivity index (χ1v) is 8.46. The van der Waals surface area contributed by atoms with Crippen molar-refractivity contribution in [2.75, 3.05) is 19.0 Å². The van der Waals surface area contributed by atoms with Crippen LogP contribution in [0.4, 0.5) is 5.69 Å². The number of nitrogens with zero attached hydrogens (tertiary/aromatic N) is 6. The van der Waals surface area contributed by atoms with E-state index in [1.807, 2.05) is 43.7 Å². The van der Waals surface area contributed by atoms with Gasteiger partial charge < -0.3 is 9.88 Å². The summed E-state index contributed by atoms with van der Waals surface area (Å²) in [5.41, 5.74) is 6.16. The molecule has 2 N–H and O–H groups in total. The van der Waals surface area contributed by atoms with Crippen LogP contribution < -0.4 is 4.90 Å². The lowest BCUT2D eigenvalue weighted by atomic mass is 10.1. The van der Waals surface area contributed by atoms with Gasteiger partial charge in [-0.1, -0.05) is 0 Å². The van der Waals surface area contributed by atoms with E-state index in [9.17, 15) is 0 Å². The third-order valence-corrected chi connectivity index (χ3v) is 4.50. The molecule has 5 heterocycles. The highest BCUT2D eigenvalue weighted by molar-refractivity contribution is 5.93. The van der Waals surface area contributed by atoms with Gasteiger partial charge in [-0.25, -0.2) is 9.97 Å². The van der Waals surface area contributed by atoms with Gasteiger partial charge in [0.25, 0.3) is 0 Å². The number of rotatable bonds is 3. The molecule has 8 heteroatoms. The number of hydrogen-bond acceptors (Lipinski definition) is 6. The van der Waals surface area contributed by atoms with E-state index in [0.717, 1.165) is 38.9 Å². The van der Waals surface area contributed by atoms with Crippen molar-refractivity contribution >= 4 is 27.8 Å². The normalized spacial score (nSPS) is 11.3. The van der Waals surface area contributed by atoms with Crippen LogP contribution in [0.2, 0.25) is 0 Å². The number of aromatic amines is 2. The lowest BCUT2D eigenvalue weighted by Crippen LogP contribution is -2.08. The molecule has 5 aromatic heterocycles. The number of pyridine rings is 3. The summed E-state index contributed by atoms with van der Waals surface area (Å²) in [6, 6.07) is 6.01. The van der Waals surface area contributed by atoms with Gasteiger partial charge in [0.05, 0.1) is 34.5 Å². The van der Waals surface area contributed by atoms with E-state index >= 15 is 0 Å². The molecule has 0 saturated carbocycles. The predicted octanol–water partition coefficient (Wildman–Crippen LogP) is 3.02. The van der Waals surface area contributed by atoms with Crippen LogP contribution in [0.3, 0.4) is 0 Å². The average molecular weight is 356 g/mol. The van der Waals surface area contributed by atoms with Crippen molar-refractivity contribution in [1.82, 2.24) is 35.1 Å². The standard InChI is InChI=1S/C19H16N8/c1-27(2)13-5-11(7-21-9-13)12-6-14-17(25-26-18(14)22-8-12)19-23-15-3-4-20-10-16(15)24-19/h3-10H,1-2H3,(H,23,24)(H,22,25,26). The maximum atomic E-state index is 4.62. The summed E-state index contributed by atoms with van der Waals surface area (Å²) in [4.78, 5) is 22.9. The van der Waals surface area contributed by atoms with Crippen molar-refractivity contribution < 1.29 is 0 Å². The Morgan fingerprint density at radius 3 is 2.70 bits per heavy atom. The SMILES string of the molecule is CN(C)c1cncc(-c2cnc3[nH]nc(-c4nc5ccncc5[nH]4)c3c2)c1. The number of imidazole rings is 1. The van der Waals surface area contributed by atoms with E-state index in [1.165, 1.54) is 0 Å². The van der Waals surface area contributed by atoms with Crippen molar-refractivity contribution in [2.45, 2.75) is 0 Å². The van der Waals surface area contributed by atoms with Gasteiger partial charge in [-0.15, -0.1) is 0 Å². The van der Waals surface area contributed by atoms with E-state index in [4.69, 9.17) is 0 Å². The van der Waals surface area contributed by atoms with Crippen LogP contribution in [0, 0.1) is 0 Å². The highest BCUT2D eigenvalue weighted by Gasteiger charge is 2.14. The van der Waals surface area contributed by atoms with Gasteiger partial charge in [0.1, 0.15) is 5.69 Å². The van der Waals surface area contributed by atoms with Crippen LogP contribution in [0.15, 0.2) is 49.2 Å². The molecule has 0 spiro atoms. The summed E-state index contributed by atoms with van der Waals surface area (Å²) in [6.45, 7) is 0. The number of H-pyrrole nitrogens is 2. The molecule has 0 bridgehead atoms. The molecule has 8 nitrogen and oxygen atoms in total. The van der Waals surface area contributed by atoms with E-state index in [2.05, 4.69) is 47.2 Å². The number of hydrogen-bond donors (Lipinski definition) is 2. The molecule has 0 atom stereocenters. The minimum absolute atomic E-state index is 0.684. The Kier molecular flexibility index (Phi) is 3.36. The Hall–Kier alpha value is -3.81. The lowest BCUT2D eigenvalue weighted by molar-refractivity contribution is 1.09. The van der Waals surface area contributed by atoms with E-state index in [-0.39, 0.29) is 0 Å². The van der Waals surface area contributed by atoms with Crippen LogP contribution in [0.5, 0.6) is 0 Å². The molecule has 132 valence electrons. The summed E-state index contributed by atoms with van der Waals surface area (Å²) in [6.07, 6.45) is 8.97. The molecule has 27 heavy (non-hydrogen) atoms. The maximum absolute atomic E-state index is 4.62. The fraction of sp³-hybridized carbons (Fsp3) is 0.105. The van der Waals surface area contributed by atoms with Crippen molar-refractivity contribution in [1.29, 1.82) is 0 Å². The molecular weight excluding hydrogens is 340 g/mol. The monoisotopic (exact) mass is 356 g/mol. The van der Waals surface area contributed by atoms with Crippen LogP contribution in [-0.4, -0.2) is 49.2 Å². The second kappa shape index (κ2) is 5.87. The highest BCUT2D eigenvalue weighted by atomic mass is 15.2. The molecule has 0 fully saturated rings. The van der Waals surface area contributed by atoms with Gasteiger partial charge in [-0.3, -0.25) is 15.1 Å². The molecule has 0 aliphatic carbocycles. The third kappa shape index (κ3) is 2.58. The molecule has 0 aromatic carbocycles. The molecule has 0 amide bonds. The Morgan fingerprint density at radius 2 is 1.85 bits per heavy atom. The fourth-order valence-electron chi connectivity index (χ4n) is 3.04. The number of nitrogens with one attached hydrogen (secondary N) is 2. The minimum atomic E-state index is 0.684. The second-order valence-corrected chi connectivity index (χ2v) is 6.50. The zero-order valence-electron chi connectivity index (χ0n) is 14.8. The molecule has 0 saturated heterocycles. The minimum Gasteiger partial charge on any atom is -0.376 e. The number of aromatic nitrogens is 7. The largest absolute Gasteiger partial charge is 0.376 e. The third-order valence-electron chi connectivity index (χ3n) is 4.50. The first kappa shape index (κ1) is 15.4. The molecular formula is C19H16N8. The zero-order chi connectivity index (χ0) is 18.4. The zero-order valence-corrected chi connectivity index (χ0v) is 14.8. The Labute approximate surface area is 154 Å². The van der Waals surface area contributed by atoms with Crippen molar-refractivity contribution in [3.8, 4) is 22.6 Å². The van der Waals surface area contributed by atoms with E-state index < -0.39 is 0 Å². The quantitative estimate of drug-likeness (QED) is 0.515. The summed E-state index contributed by atoms with van der Waals surface area (Å²) in [5.74, 6) is 0.684. The van der Waals surface area contributed by atoms with Crippen molar-refractivity contribution in [3.05, 3.63) is 49.2 Å². The Morgan fingerprint density at radius 1 is 0.963 bits per heavy atom. The smallest absolute Gasteiger partial charge is 0.159 e. The van der Waals surface area contributed by atoms with Gasteiger partial charge in [0.15, 0.2) is 11.5 Å². The van der Waals surface area contributed by atoms with Gasteiger partial charge >= 0.3 is 0 Å². The van der Waals surface area contributed by atoms with Crippen molar-refractivity contribution in [3.63, 3.8) is 0 Å². The van der Waals surface area contributed by atoms with E-state index in [1.54, 1.807) is 12.4 Å². The van der Waals surface area contributed by atoms with E-state index in [0.29, 0.717) is 11.5 Å². The number of anilines is 1. The van der Waals surface area contributed by atoms with Gasteiger partial charge in [0.2, 0.25) is 0 Å². The Bertz CT molecular complexity index is 1230. The molecule has 0 aliphatic heterocycles. The predicted molar refractivity (Wildman–Crippen MR) is 104 cm³/mol. The molecule has 0 radical (unpaired) electrons. The average Bonchev–Trinajstić information content (AvgIpc) is 3.31. The lowest BCUT2D eigenvalue weighted by Gasteiger charge is -2.12. The Balaban J connectivity index is 1.65. The summed E-state index contributed by atoms with van der Waals surface area (Å²) >= 11 is 0. The molecule has 0 aliphatic rings. The highest BCUT2D eigenvalue weighted by Crippen LogP contribution is 2.29. The first-order chi connectivity index (χ1) is 13.2. The maximum Gasteiger partial charge on any atom is 0.159 e. The van der Waals surface area contributed by atoms with Crippen LogP contribution in [0.25, 0.3) is 44.7 Å². The number of fused-ring (bicyclic) bond motifs is 2. The van der Waals surface area contributed by atoms with Gasteiger partial charge in [-0.2, -0.15) is 5.10 Å².